The Hall–Kier alpha value is -3.62. The summed E-state index contributed by atoms with van der Waals surface area (Å²) in [6.45, 7) is 1.52. The number of halogens is 3. The molecule has 0 radical (unpaired) electrons. The minimum absolute atomic E-state index is 0.120. The molecule has 0 atom stereocenters. The zero-order chi connectivity index (χ0) is 21.8. The van der Waals surface area contributed by atoms with Crippen LogP contribution in [0.15, 0.2) is 47.3 Å². The first kappa shape index (κ1) is 21.1. The van der Waals surface area contributed by atoms with Crippen molar-refractivity contribution in [2.45, 2.75) is 13.3 Å². The first-order valence-corrected chi connectivity index (χ1v) is 9.16. The van der Waals surface area contributed by atoms with Gasteiger partial charge in [0.2, 0.25) is 11.5 Å². The molecular formula is C21H18F3N3O3. The van der Waals surface area contributed by atoms with Crippen molar-refractivity contribution >= 4 is 28.4 Å². The molecule has 0 fully saturated rings. The summed E-state index contributed by atoms with van der Waals surface area (Å²) < 4.78 is 40.2. The van der Waals surface area contributed by atoms with Gasteiger partial charge >= 0.3 is 0 Å². The Kier molecular flexibility index (Phi) is 6.20. The van der Waals surface area contributed by atoms with Gasteiger partial charge in [-0.1, -0.05) is 25.1 Å². The number of carbonyl (C=O) groups is 2. The predicted octanol–water partition coefficient (Wildman–Crippen LogP) is 3.44. The SMILES string of the molecule is CCCN(CC(=O)Nc1ccc(F)c(F)c1F)C(=O)c1cc(=O)[nH]c2ccccc12. The Morgan fingerprint density at radius 2 is 1.80 bits per heavy atom. The van der Waals surface area contributed by atoms with E-state index in [9.17, 15) is 27.6 Å². The number of para-hydroxylation sites is 1. The van der Waals surface area contributed by atoms with Crippen molar-refractivity contribution in [2.24, 2.45) is 0 Å². The Labute approximate surface area is 169 Å². The van der Waals surface area contributed by atoms with Crippen molar-refractivity contribution < 1.29 is 22.8 Å². The molecule has 0 saturated heterocycles. The van der Waals surface area contributed by atoms with Gasteiger partial charge < -0.3 is 15.2 Å². The van der Waals surface area contributed by atoms with Crippen LogP contribution in [0.2, 0.25) is 0 Å². The van der Waals surface area contributed by atoms with Crippen molar-refractivity contribution in [1.29, 1.82) is 0 Å². The quantitative estimate of drug-likeness (QED) is 0.603. The van der Waals surface area contributed by atoms with Crippen LogP contribution >= 0.6 is 0 Å². The molecule has 0 unspecified atom stereocenters. The third kappa shape index (κ3) is 4.35. The second kappa shape index (κ2) is 8.81. The van der Waals surface area contributed by atoms with E-state index in [1.165, 1.54) is 4.90 Å². The molecule has 0 saturated carbocycles. The van der Waals surface area contributed by atoms with Crippen molar-refractivity contribution in [2.75, 3.05) is 18.4 Å². The second-order valence-corrected chi connectivity index (χ2v) is 6.59. The molecule has 9 heteroatoms. The molecule has 3 rings (SSSR count). The van der Waals surface area contributed by atoms with E-state index in [4.69, 9.17) is 0 Å². The molecule has 2 N–H and O–H groups in total. The van der Waals surface area contributed by atoms with E-state index in [2.05, 4.69) is 10.3 Å². The molecule has 0 spiro atoms. The molecule has 3 aromatic rings. The van der Waals surface area contributed by atoms with Crippen molar-refractivity contribution in [1.82, 2.24) is 9.88 Å². The van der Waals surface area contributed by atoms with E-state index in [1.807, 2.05) is 0 Å². The summed E-state index contributed by atoms with van der Waals surface area (Å²) in [7, 11) is 0. The zero-order valence-corrected chi connectivity index (χ0v) is 16.0. The van der Waals surface area contributed by atoms with E-state index in [1.54, 1.807) is 31.2 Å². The third-order valence-electron chi connectivity index (χ3n) is 4.41. The van der Waals surface area contributed by atoms with Gasteiger partial charge in [-0.3, -0.25) is 14.4 Å². The number of nitrogens with zero attached hydrogens (tertiary/aromatic N) is 1. The van der Waals surface area contributed by atoms with Crippen LogP contribution in [0, 0.1) is 17.5 Å². The number of H-pyrrole nitrogens is 1. The second-order valence-electron chi connectivity index (χ2n) is 6.59. The monoisotopic (exact) mass is 417 g/mol. The Morgan fingerprint density at radius 3 is 2.53 bits per heavy atom. The molecule has 0 aliphatic rings. The number of aromatic amines is 1. The van der Waals surface area contributed by atoms with Gasteiger partial charge in [0.1, 0.15) is 6.54 Å². The predicted molar refractivity (Wildman–Crippen MR) is 106 cm³/mol. The molecule has 0 aliphatic heterocycles. The number of amides is 2. The maximum absolute atomic E-state index is 13.8. The minimum Gasteiger partial charge on any atom is -0.329 e. The summed E-state index contributed by atoms with van der Waals surface area (Å²) in [6.07, 6.45) is 0.514. The molecule has 6 nitrogen and oxygen atoms in total. The number of hydrogen-bond acceptors (Lipinski definition) is 3. The van der Waals surface area contributed by atoms with Gasteiger partial charge in [0, 0.05) is 23.5 Å². The first-order valence-electron chi connectivity index (χ1n) is 9.16. The maximum atomic E-state index is 13.8. The highest BCUT2D eigenvalue weighted by Crippen LogP contribution is 2.20. The number of benzene rings is 2. The highest BCUT2D eigenvalue weighted by atomic mass is 19.2. The van der Waals surface area contributed by atoms with Crippen LogP contribution < -0.4 is 10.9 Å². The molecule has 156 valence electrons. The highest BCUT2D eigenvalue weighted by Gasteiger charge is 2.22. The normalized spacial score (nSPS) is 10.8. The topological polar surface area (TPSA) is 82.3 Å². The van der Waals surface area contributed by atoms with E-state index >= 15 is 0 Å². The third-order valence-corrected chi connectivity index (χ3v) is 4.41. The average molecular weight is 417 g/mol. The van der Waals surface area contributed by atoms with Gasteiger partial charge in [0.15, 0.2) is 17.5 Å². The number of rotatable bonds is 6. The summed E-state index contributed by atoms with van der Waals surface area (Å²) in [5.74, 6) is -5.97. The van der Waals surface area contributed by atoms with E-state index in [-0.39, 0.29) is 12.1 Å². The number of fused-ring (bicyclic) bond motifs is 1. The van der Waals surface area contributed by atoms with E-state index < -0.39 is 47.1 Å². The smallest absolute Gasteiger partial charge is 0.255 e. The molecule has 0 bridgehead atoms. The van der Waals surface area contributed by atoms with Gasteiger partial charge in [-0.2, -0.15) is 0 Å². The lowest BCUT2D eigenvalue weighted by atomic mass is 10.1. The summed E-state index contributed by atoms with van der Waals surface area (Å²) in [5.41, 5.74) is -0.418. The summed E-state index contributed by atoms with van der Waals surface area (Å²) in [6, 6.07) is 9.46. The summed E-state index contributed by atoms with van der Waals surface area (Å²) in [5, 5.41) is 2.65. The number of nitrogens with one attached hydrogen (secondary N) is 2. The van der Waals surface area contributed by atoms with Crippen molar-refractivity contribution in [3.63, 3.8) is 0 Å². The number of aromatic nitrogens is 1. The van der Waals surface area contributed by atoms with Crippen LogP contribution in [-0.4, -0.2) is 34.8 Å². The van der Waals surface area contributed by atoms with Crippen LogP contribution in [-0.2, 0) is 4.79 Å². The first-order chi connectivity index (χ1) is 14.3. The van der Waals surface area contributed by atoms with Crippen LogP contribution in [0.1, 0.15) is 23.7 Å². The van der Waals surface area contributed by atoms with Gasteiger partial charge in [0.25, 0.3) is 5.91 Å². The average Bonchev–Trinajstić information content (AvgIpc) is 2.72. The fourth-order valence-corrected chi connectivity index (χ4v) is 3.06. The number of carbonyl (C=O) groups excluding carboxylic acids is 2. The van der Waals surface area contributed by atoms with Gasteiger partial charge in [-0.25, -0.2) is 13.2 Å². The maximum Gasteiger partial charge on any atom is 0.255 e. The van der Waals surface area contributed by atoms with Crippen LogP contribution in [0.4, 0.5) is 18.9 Å². The molecule has 2 amide bonds. The van der Waals surface area contributed by atoms with E-state index in [0.29, 0.717) is 23.4 Å². The molecule has 1 aromatic heterocycles. The van der Waals surface area contributed by atoms with Crippen LogP contribution in [0.5, 0.6) is 0 Å². The van der Waals surface area contributed by atoms with Gasteiger partial charge in [-0.05, 0) is 24.6 Å². The van der Waals surface area contributed by atoms with Crippen molar-refractivity contribution in [3.8, 4) is 0 Å². The molecule has 2 aromatic carbocycles. The Bertz CT molecular complexity index is 1180. The summed E-state index contributed by atoms with van der Waals surface area (Å²) >= 11 is 0. The molecule has 30 heavy (non-hydrogen) atoms. The summed E-state index contributed by atoms with van der Waals surface area (Å²) in [4.78, 5) is 41.2. The Morgan fingerprint density at radius 1 is 1.07 bits per heavy atom. The van der Waals surface area contributed by atoms with Crippen molar-refractivity contribution in [3.05, 3.63) is 75.8 Å². The fraction of sp³-hybridized carbons (Fsp3) is 0.190. The largest absolute Gasteiger partial charge is 0.329 e. The minimum atomic E-state index is -1.70. The number of hydrogen-bond donors (Lipinski definition) is 2. The van der Waals surface area contributed by atoms with Gasteiger partial charge in [-0.15, -0.1) is 0 Å². The fourth-order valence-electron chi connectivity index (χ4n) is 3.06. The standard InChI is InChI=1S/C21H18F3N3O3/c1-2-9-27(11-18(29)26-16-8-7-14(22)19(23)20(16)24)21(30)13-10-17(28)25-15-6-4-3-5-12(13)15/h3-8,10H,2,9,11H2,1H3,(H,25,28)(H,26,29). The molecular weight excluding hydrogens is 399 g/mol. The lowest BCUT2D eigenvalue weighted by molar-refractivity contribution is -0.116. The number of pyridine rings is 1. The Balaban J connectivity index is 1.86. The van der Waals surface area contributed by atoms with Gasteiger partial charge in [0.05, 0.1) is 11.3 Å². The number of anilines is 1. The van der Waals surface area contributed by atoms with E-state index in [0.717, 1.165) is 12.1 Å². The van der Waals surface area contributed by atoms with Crippen LogP contribution in [0.3, 0.4) is 0 Å². The van der Waals surface area contributed by atoms with Crippen LogP contribution in [0.25, 0.3) is 10.9 Å². The lowest BCUT2D eigenvalue weighted by Gasteiger charge is -2.22. The molecule has 1 heterocycles. The highest BCUT2D eigenvalue weighted by molar-refractivity contribution is 6.07. The molecule has 0 aliphatic carbocycles. The zero-order valence-electron chi connectivity index (χ0n) is 16.0. The lowest BCUT2D eigenvalue weighted by Crippen LogP contribution is -2.39.